The SMILES string of the molecule is CCOc1cccc(CNCCc2ncon2)c1OC. The monoisotopic (exact) mass is 277 g/mol. The van der Waals surface area contributed by atoms with Crippen molar-refractivity contribution in [3.05, 3.63) is 36.0 Å². The largest absolute Gasteiger partial charge is 0.493 e. The Balaban J connectivity index is 1.90. The van der Waals surface area contributed by atoms with Crippen molar-refractivity contribution in [1.82, 2.24) is 15.5 Å². The molecule has 1 heterocycles. The standard InChI is InChI=1S/C14H19N3O3/c1-3-19-12-6-4-5-11(14(12)18-2)9-15-8-7-13-16-10-20-17-13/h4-6,10,15H,3,7-9H2,1-2H3. The summed E-state index contributed by atoms with van der Waals surface area (Å²) in [7, 11) is 1.65. The minimum atomic E-state index is 0.616. The summed E-state index contributed by atoms with van der Waals surface area (Å²) in [6.45, 7) is 4.03. The van der Waals surface area contributed by atoms with Crippen LogP contribution in [0.5, 0.6) is 11.5 Å². The number of hydrogen-bond donors (Lipinski definition) is 1. The predicted molar refractivity (Wildman–Crippen MR) is 73.9 cm³/mol. The summed E-state index contributed by atoms with van der Waals surface area (Å²) in [6.07, 6.45) is 2.06. The van der Waals surface area contributed by atoms with Crippen molar-refractivity contribution in [1.29, 1.82) is 0 Å². The summed E-state index contributed by atoms with van der Waals surface area (Å²) < 4.78 is 15.7. The number of aromatic nitrogens is 2. The van der Waals surface area contributed by atoms with E-state index in [1.165, 1.54) is 6.39 Å². The predicted octanol–water partition coefficient (Wildman–Crippen LogP) is 1.81. The van der Waals surface area contributed by atoms with Crippen molar-refractivity contribution in [2.75, 3.05) is 20.3 Å². The van der Waals surface area contributed by atoms with Gasteiger partial charge in [-0.1, -0.05) is 17.3 Å². The molecule has 6 nitrogen and oxygen atoms in total. The summed E-state index contributed by atoms with van der Waals surface area (Å²) in [5, 5.41) is 7.09. The number of rotatable bonds is 8. The average Bonchev–Trinajstić information content (AvgIpc) is 2.97. The molecule has 0 aliphatic rings. The third-order valence-electron chi connectivity index (χ3n) is 2.81. The van der Waals surface area contributed by atoms with Gasteiger partial charge in [0, 0.05) is 25.1 Å². The zero-order valence-electron chi connectivity index (χ0n) is 11.8. The first-order valence-electron chi connectivity index (χ1n) is 6.59. The molecule has 0 aliphatic heterocycles. The van der Waals surface area contributed by atoms with Crippen LogP contribution in [0, 0.1) is 0 Å². The second kappa shape index (κ2) is 7.49. The molecule has 0 amide bonds. The molecule has 6 heteroatoms. The third-order valence-corrected chi connectivity index (χ3v) is 2.81. The van der Waals surface area contributed by atoms with E-state index in [9.17, 15) is 0 Å². The van der Waals surface area contributed by atoms with E-state index in [1.807, 2.05) is 25.1 Å². The Hall–Kier alpha value is -2.08. The molecule has 0 saturated carbocycles. The van der Waals surface area contributed by atoms with Crippen molar-refractivity contribution in [3.63, 3.8) is 0 Å². The van der Waals surface area contributed by atoms with Gasteiger partial charge in [0.25, 0.3) is 0 Å². The zero-order chi connectivity index (χ0) is 14.2. The topological polar surface area (TPSA) is 69.4 Å². The van der Waals surface area contributed by atoms with Crippen LogP contribution in [-0.2, 0) is 13.0 Å². The highest BCUT2D eigenvalue weighted by atomic mass is 16.5. The molecule has 0 spiro atoms. The molecule has 1 N–H and O–H groups in total. The van der Waals surface area contributed by atoms with E-state index in [4.69, 9.17) is 9.47 Å². The zero-order valence-corrected chi connectivity index (χ0v) is 11.8. The summed E-state index contributed by atoms with van der Waals surface area (Å²) in [5.74, 6) is 2.25. The Labute approximate surface area is 118 Å². The maximum Gasteiger partial charge on any atom is 0.213 e. The lowest BCUT2D eigenvalue weighted by atomic mass is 10.2. The first kappa shape index (κ1) is 14.3. The molecule has 2 rings (SSSR count). The molecule has 0 unspecified atom stereocenters. The highest BCUT2D eigenvalue weighted by Crippen LogP contribution is 2.30. The Morgan fingerprint density at radius 2 is 2.25 bits per heavy atom. The molecule has 20 heavy (non-hydrogen) atoms. The highest BCUT2D eigenvalue weighted by Gasteiger charge is 2.09. The fourth-order valence-electron chi connectivity index (χ4n) is 1.93. The van der Waals surface area contributed by atoms with Crippen LogP contribution < -0.4 is 14.8 Å². The van der Waals surface area contributed by atoms with Crippen LogP contribution >= 0.6 is 0 Å². The van der Waals surface area contributed by atoms with Gasteiger partial charge in [0.2, 0.25) is 6.39 Å². The van der Waals surface area contributed by atoms with E-state index in [1.54, 1.807) is 7.11 Å². The quantitative estimate of drug-likeness (QED) is 0.742. The number of ether oxygens (including phenoxy) is 2. The van der Waals surface area contributed by atoms with Crippen molar-refractivity contribution >= 4 is 0 Å². The van der Waals surface area contributed by atoms with E-state index in [-0.39, 0.29) is 0 Å². The van der Waals surface area contributed by atoms with Gasteiger partial charge in [0.1, 0.15) is 0 Å². The van der Waals surface area contributed by atoms with E-state index >= 15 is 0 Å². The van der Waals surface area contributed by atoms with Gasteiger partial charge in [0.05, 0.1) is 13.7 Å². The van der Waals surface area contributed by atoms with Gasteiger partial charge >= 0.3 is 0 Å². The fraction of sp³-hybridized carbons (Fsp3) is 0.429. The van der Waals surface area contributed by atoms with Crippen LogP contribution in [0.1, 0.15) is 18.3 Å². The summed E-state index contributed by atoms with van der Waals surface area (Å²) >= 11 is 0. The van der Waals surface area contributed by atoms with Crippen LogP contribution in [-0.4, -0.2) is 30.4 Å². The van der Waals surface area contributed by atoms with Gasteiger partial charge < -0.3 is 19.3 Å². The van der Waals surface area contributed by atoms with E-state index in [2.05, 4.69) is 20.0 Å². The molecule has 0 saturated heterocycles. The van der Waals surface area contributed by atoms with Gasteiger partial charge in [0.15, 0.2) is 17.3 Å². The molecule has 0 aliphatic carbocycles. The van der Waals surface area contributed by atoms with Crippen LogP contribution in [0.25, 0.3) is 0 Å². The van der Waals surface area contributed by atoms with Crippen molar-refractivity contribution < 1.29 is 14.0 Å². The smallest absolute Gasteiger partial charge is 0.213 e. The molecule has 1 aromatic carbocycles. The lowest BCUT2D eigenvalue weighted by molar-refractivity contribution is 0.308. The van der Waals surface area contributed by atoms with Crippen molar-refractivity contribution in [3.8, 4) is 11.5 Å². The number of benzene rings is 1. The van der Waals surface area contributed by atoms with Gasteiger partial charge in [-0.2, -0.15) is 4.98 Å². The molecule has 0 radical (unpaired) electrons. The molecular weight excluding hydrogens is 258 g/mol. The second-order valence-electron chi connectivity index (χ2n) is 4.16. The molecule has 0 fully saturated rings. The first-order chi connectivity index (χ1) is 9.85. The number of methoxy groups -OCH3 is 1. The Bertz CT molecular complexity index is 514. The lowest BCUT2D eigenvalue weighted by Crippen LogP contribution is -2.17. The summed E-state index contributed by atoms with van der Waals surface area (Å²) in [4.78, 5) is 3.97. The maximum atomic E-state index is 5.55. The minimum absolute atomic E-state index is 0.616. The van der Waals surface area contributed by atoms with Gasteiger partial charge in [-0.3, -0.25) is 0 Å². The maximum absolute atomic E-state index is 5.55. The number of nitrogens with one attached hydrogen (secondary N) is 1. The van der Waals surface area contributed by atoms with Crippen LogP contribution in [0.4, 0.5) is 0 Å². The van der Waals surface area contributed by atoms with Crippen molar-refractivity contribution in [2.45, 2.75) is 19.9 Å². The van der Waals surface area contributed by atoms with Gasteiger partial charge in [-0.15, -0.1) is 0 Å². The molecule has 108 valence electrons. The third kappa shape index (κ3) is 3.71. The van der Waals surface area contributed by atoms with Gasteiger partial charge in [-0.25, -0.2) is 0 Å². The molecule has 0 atom stereocenters. The Kier molecular flexibility index (Phi) is 5.37. The van der Waals surface area contributed by atoms with Crippen LogP contribution in [0.3, 0.4) is 0 Å². The molecule has 0 bridgehead atoms. The Morgan fingerprint density at radius 3 is 2.95 bits per heavy atom. The molecule has 1 aromatic heterocycles. The normalized spacial score (nSPS) is 10.5. The number of nitrogens with zero attached hydrogens (tertiary/aromatic N) is 2. The van der Waals surface area contributed by atoms with Gasteiger partial charge in [-0.05, 0) is 13.0 Å². The molecule has 2 aromatic rings. The average molecular weight is 277 g/mol. The number of para-hydroxylation sites is 1. The van der Waals surface area contributed by atoms with E-state index in [0.29, 0.717) is 19.0 Å². The van der Waals surface area contributed by atoms with Crippen molar-refractivity contribution in [2.24, 2.45) is 0 Å². The van der Waals surface area contributed by atoms with Crippen LogP contribution in [0.2, 0.25) is 0 Å². The number of hydrogen-bond acceptors (Lipinski definition) is 6. The second-order valence-corrected chi connectivity index (χ2v) is 4.16. The fourth-order valence-corrected chi connectivity index (χ4v) is 1.93. The van der Waals surface area contributed by atoms with Crippen LogP contribution in [0.15, 0.2) is 29.1 Å². The summed E-state index contributed by atoms with van der Waals surface area (Å²) in [6, 6.07) is 5.89. The lowest BCUT2D eigenvalue weighted by Gasteiger charge is -2.13. The van der Waals surface area contributed by atoms with E-state index < -0.39 is 0 Å². The molecular formula is C14H19N3O3. The summed E-state index contributed by atoms with van der Waals surface area (Å²) in [5.41, 5.74) is 1.06. The van der Waals surface area contributed by atoms with E-state index in [0.717, 1.165) is 30.0 Å². The highest BCUT2D eigenvalue weighted by molar-refractivity contribution is 5.46. The first-order valence-corrected chi connectivity index (χ1v) is 6.59. The Morgan fingerprint density at radius 1 is 1.35 bits per heavy atom. The minimum Gasteiger partial charge on any atom is -0.493 e.